The number of fused-ring (bicyclic) bond motifs is 1. The molecule has 0 fully saturated rings. The summed E-state index contributed by atoms with van der Waals surface area (Å²) in [4.78, 5) is 15.1. The molecule has 1 aromatic heterocycles. The number of carbonyl (C=O) groups is 1. The van der Waals surface area contributed by atoms with Crippen molar-refractivity contribution in [2.24, 2.45) is 0 Å². The second kappa shape index (κ2) is 4.78. The Morgan fingerprint density at radius 2 is 2.24 bits per heavy atom. The molecule has 1 heterocycles. The van der Waals surface area contributed by atoms with Crippen LogP contribution in [0.25, 0.3) is 10.9 Å². The van der Waals surface area contributed by atoms with E-state index in [9.17, 15) is 9.18 Å². The minimum absolute atomic E-state index is 0.0474. The van der Waals surface area contributed by atoms with Gasteiger partial charge in [-0.1, -0.05) is 0 Å². The second-order valence-electron chi connectivity index (χ2n) is 3.38. The lowest BCUT2D eigenvalue weighted by Crippen LogP contribution is -2.01. The minimum atomic E-state index is -1.03. The lowest BCUT2D eigenvalue weighted by molar-refractivity contribution is 0.0699. The fourth-order valence-corrected chi connectivity index (χ4v) is 1.56. The molecule has 0 aliphatic carbocycles. The van der Waals surface area contributed by atoms with Crippen molar-refractivity contribution in [2.75, 3.05) is 13.3 Å². The molecule has 1 aromatic carbocycles. The van der Waals surface area contributed by atoms with Crippen molar-refractivity contribution in [2.45, 2.75) is 0 Å². The fraction of sp³-hybridized carbons (Fsp3) is 0.167. The molecule has 0 atom stereocenters. The summed E-state index contributed by atoms with van der Waals surface area (Å²) in [6.45, 7) is -0.634. The van der Waals surface area contributed by atoms with Gasteiger partial charge in [-0.15, -0.1) is 0 Å². The lowest BCUT2D eigenvalue weighted by atomic mass is 10.1. The van der Waals surface area contributed by atoms with Gasteiger partial charge in [0.15, 0.2) is 0 Å². The summed E-state index contributed by atoms with van der Waals surface area (Å²) < 4.78 is 17.1. The van der Waals surface area contributed by atoms with Crippen molar-refractivity contribution in [1.82, 2.24) is 4.98 Å². The largest absolute Gasteiger partial charge is 0.491 e. The van der Waals surface area contributed by atoms with Gasteiger partial charge in [-0.25, -0.2) is 9.18 Å². The zero-order valence-electron chi connectivity index (χ0n) is 8.89. The first kappa shape index (κ1) is 11.3. The molecule has 0 amide bonds. The maximum atomic E-state index is 12.0. The van der Waals surface area contributed by atoms with E-state index in [4.69, 9.17) is 9.84 Å². The number of ether oxygens (including phenoxy) is 1. The highest BCUT2D eigenvalue weighted by molar-refractivity contribution is 6.02. The van der Waals surface area contributed by atoms with Gasteiger partial charge in [0, 0.05) is 11.6 Å². The number of nitrogens with zero attached hydrogens (tertiary/aromatic N) is 1. The van der Waals surface area contributed by atoms with Crippen molar-refractivity contribution in [3.63, 3.8) is 0 Å². The Hall–Kier alpha value is -2.17. The molecular weight excluding hydrogens is 225 g/mol. The molecule has 0 saturated carbocycles. The number of carboxylic acids is 1. The molecule has 0 aliphatic heterocycles. The van der Waals surface area contributed by atoms with Crippen LogP contribution >= 0.6 is 0 Å². The molecule has 4 nitrogen and oxygen atoms in total. The van der Waals surface area contributed by atoms with Gasteiger partial charge in [0.2, 0.25) is 0 Å². The van der Waals surface area contributed by atoms with E-state index >= 15 is 0 Å². The van der Waals surface area contributed by atoms with E-state index in [0.717, 1.165) is 0 Å². The first-order chi connectivity index (χ1) is 8.22. The molecule has 1 N–H and O–H groups in total. The average molecular weight is 235 g/mol. The summed E-state index contributed by atoms with van der Waals surface area (Å²) in [7, 11) is 0. The normalized spacial score (nSPS) is 10.4. The van der Waals surface area contributed by atoms with Gasteiger partial charge in [0.05, 0.1) is 11.1 Å². The van der Waals surface area contributed by atoms with Crippen LogP contribution in [0.5, 0.6) is 5.75 Å². The first-order valence-electron chi connectivity index (χ1n) is 5.03. The predicted molar refractivity (Wildman–Crippen MR) is 60.2 cm³/mol. The van der Waals surface area contributed by atoms with Crippen molar-refractivity contribution >= 4 is 16.9 Å². The maximum absolute atomic E-state index is 12.0. The van der Waals surface area contributed by atoms with Crippen molar-refractivity contribution in [1.29, 1.82) is 0 Å². The molecule has 17 heavy (non-hydrogen) atoms. The molecule has 2 aromatic rings. The van der Waals surface area contributed by atoms with Crippen LogP contribution in [0.2, 0.25) is 0 Å². The smallest absolute Gasteiger partial charge is 0.336 e. The number of aromatic carboxylic acids is 1. The van der Waals surface area contributed by atoms with Gasteiger partial charge < -0.3 is 9.84 Å². The van der Waals surface area contributed by atoms with Crippen LogP contribution < -0.4 is 4.74 Å². The third-order valence-corrected chi connectivity index (χ3v) is 2.29. The Kier molecular flexibility index (Phi) is 3.18. The number of hydrogen-bond donors (Lipinski definition) is 1. The van der Waals surface area contributed by atoms with Crippen molar-refractivity contribution in [3.05, 3.63) is 36.0 Å². The highest BCUT2D eigenvalue weighted by Crippen LogP contribution is 2.22. The predicted octanol–water partition coefficient (Wildman–Crippen LogP) is 2.28. The number of pyridine rings is 1. The van der Waals surface area contributed by atoms with E-state index in [1.807, 2.05) is 0 Å². The number of alkyl halides is 1. The summed E-state index contributed by atoms with van der Waals surface area (Å²) in [5.41, 5.74) is 0.721. The van der Waals surface area contributed by atoms with Crippen LogP contribution in [0, 0.1) is 0 Å². The third-order valence-electron chi connectivity index (χ3n) is 2.29. The molecule has 5 heteroatoms. The Morgan fingerprint density at radius 3 is 2.94 bits per heavy atom. The average Bonchev–Trinajstić information content (AvgIpc) is 2.35. The molecule has 0 aliphatic rings. The third kappa shape index (κ3) is 2.33. The van der Waals surface area contributed by atoms with E-state index < -0.39 is 12.6 Å². The van der Waals surface area contributed by atoms with E-state index in [0.29, 0.717) is 16.7 Å². The maximum Gasteiger partial charge on any atom is 0.336 e. The summed E-state index contributed by atoms with van der Waals surface area (Å²) >= 11 is 0. The van der Waals surface area contributed by atoms with Gasteiger partial charge in [0.1, 0.15) is 19.0 Å². The first-order valence-corrected chi connectivity index (χ1v) is 5.03. The van der Waals surface area contributed by atoms with Crippen molar-refractivity contribution in [3.8, 4) is 5.75 Å². The summed E-state index contributed by atoms with van der Waals surface area (Å²) in [6.07, 6.45) is 1.44. The monoisotopic (exact) mass is 235 g/mol. The summed E-state index contributed by atoms with van der Waals surface area (Å²) in [5, 5.41) is 9.50. The second-order valence-corrected chi connectivity index (χ2v) is 3.38. The quantitative estimate of drug-likeness (QED) is 0.883. The SMILES string of the molecule is O=C(O)c1ccnc2ccc(OCCF)cc12. The number of aromatic nitrogens is 1. The molecule has 0 unspecified atom stereocenters. The van der Waals surface area contributed by atoms with Crippen LogP contribution in [0.15, 0.2) is 30.5 Å². The number of carboxylic acid groups (broad SMARTS) is 1. The van der Waals surface area contributed by atoms with E-state index in [1.165, 1.54) is 12.3 Å². The minimum Gasteiger partial charge on any atom is -0.491 e. The van der Waals surface area contributed by atoms with Gasteiger partial charge in [-0.05, 0) is 24.3 Å². The fourth-order valence-electron chi connectivity index (χ4n) is 1.56. The van der Waals surface area contributed by atoms with Gasteiger partial charge in [0.25, 0.3) is 0 Å². The highest BCUT2D eigenvalue weighted by atomic mass is 19.1. The molecule has 0 radical (unpaired) electrons. The zero-order chi connectivity index (χ0) is 12.3. The van der Waals surface area contributed by atoms with Gasteiger partial charge >= 0.3 is 5.97 Å². The van der Waals surface area contributed by atoms with Crippen molar-refractivity contribution < 1.29 is 19.0 Å². The standard InChI is InChI=1S/C12H10FNO3/c13-4-6-17-8-1-2-11-10(7-8)9(12(15)16)3-5-14-11/h1-3,5,7H,4,6H2,(H,15,16). The molecule has 0 saturated heterocycles. The van der Waals surface area contributed by atoms with E-state index in [1.54, 1.807) is 18.2 Å². The number of benzene rings is 1. The van der Waals surface area contributed by atoms with E-state index in [2.05, 4.69) is 4.98 Å². The molecule has 2 rings (SSSR count). The summed E-state index contributed by atoms with van der Waals surface area (Å²) in [6, 6.07) is 6.26. The Labute approximate surface area is 96.7 Å². The number of rotatable bonds is 4. The van der Waals surface area contributed by atoms with E-state index in [-0.39, 0.29) is 12.2 Å². The Morgan fingerprint density at radius 1 is 1.41 bits per heavy atom. The van der Waals surface area contributed by atoms with Crippen LogP contribution in [0.3, 0.4) is 0 Å². The van der Waals surface area contributed by atoms with Crippen LogP contribution in [0.1, 0.15) is 10.4 Å². The van der Waals surface area contributed by atoms with Crippen LogP contribution in [-0.2, 0) is 0 Å². The number of hydrogen-bond acceptors (Lipinski definition) is 3. The molecule has 0 bridgehead atoms. The Balaban J connectivity index is 2.50. The highest BCUT2D eigenvalue weighted by Gasteiger charge is 2.09. The van der Waals surface area contributed by atoms with Gasteiger partial charge in [-0.3, -0.25) is 4.98 Å². The number of halogens is 1. The van der Waals surface area contributed by atoms with Crippen LogP contribution in [-0.4, -0.2) is 29.3 Å². The topological polar surface area (TPSA) is 59.4 Å². The lowest BCUT2D eigenvalue weighted by Gasteiger charge is -2.06. The molecule has 0 spiro atoms. The zero-order valence-corrected chi connectivity index (χ0v) is 8.89. The molecule has 88 valence electrons. The van der Waals surface area contributed by atoms with Gasteiger partial charge in [-0.2, -0.15) is 0 Å². The summed E-state index contributed by atoms with van der Waals surface area (Å²) in [5.74, 6) is -0.592. The van der Waals surface area contributed by atoms with Crippen LogP contribution in [0.4, 0.5) is 4.39 Å². The molecular formula is C12H10FNO3. The Bertz CT molecular complexity index is 556.